The zero-order valence-corrected chi connectivity index (χ0v) is 16.6. The van der Waals surface area contributed by atoms with Crippen molar-refractivity contribution in [2.45, 2.75) is 38.1 Å². The molecule has 2 heterocycles. The fraction of sp³-hybridized carbons (Fsp3) is 0.571. The summed E-state index contributed by atoms with van der Waals surface area (Å²) in [6, 6.07) is 1.85. The second-order valence-corrected chi connectivity index (χ2v) is 7.68. The summed E-state index contributed by atoms with van der Waals surface area (Å²) in [5.41, 5.74) is 2.00. The lowest BCUT2D eigenvalue weighted by atomic mass is 10.1. The maximum atomic E-state index is 6.00. The van der Waals surface area contributed by atoms with Gasteiger partial charge in [-0.25, -0.2) is 4.98 Å². The molecule has 154 valence electrons. The van der Waals surface area contributed by atoms with E-state index in [4.69, 9.17) is 24.8 Å². The number of hydrogen-bond donors (Lipinski definition) is 1. The van der Waals surface area contributed by atoms with Crippen molar-refractivity contribution in [2.24, 2.45) is 21.4 Å². The highest BCUT2D eigenvalue weighted by atomic mass is 16.7. The van der Waals surface area contributed by atoms with Crippen LogP contribution in [0.1, 0.15) is 36.9 Å². The van der Waals surface area contributed by atoms with Crippen LogP contribution in [-0.2, 0) is 14.2 Å². The van der Waals surface area contributed by atoms with Crippen LogP contribution in [0.25, 0.3) is 0 Å². The number of hydrazone groups is 1. The molecule has 2 aliphatic carbocycles. The largest absolute Gasteiger partial charge is 0.488 e. The maximum Gasteiger partial charge on any atom is 0.176 e. The third-order valence-electron chi connectivity index (χ3n) is 5.08. The first-order valence-electron chi connectivity index (χ1n) is 9.87. The van der Waals surface area contributed by atoms with Crippen LogP contribution in [0, 0.1) is 17.3 Å². The summed E-state index contributed by atoms with van der Waals surface area (Å²) in [6.07, 6.45) is 7.56. The molecule has 1 saturated heterocycles. The summed E-state index contributed by atoms with van der Waals surface area (Å²) in [4.78, 5) is 8.87. The minimum Gasteiger partial charge on any atom is -0.488 e. The molecule has 3 fully saturated rings. The summed E-state index contributed by atoms with van der Waals surface area (Å²) in [6.45, 7) is 2.23. The highest BCUT2D eigenvalue weighted by molar-refractivity contribution is 6.38. The lowest BCUT2D eigenvalue weighted by molar-refractivity contribution is -0.201. The van der Waals surface area contributed by atoms with Crippen LogP contribution in [0.3, 0.4) is 0 Å². The molecule has 8 heteroatoms. The molecule has 0 amide bonds. The van der Waals surface area contributed by atoms with Crippen molar-refractivity contribution in [3.8, 4) is 17.6 Å². The zero-order valence-electron chi connectivity index (χ0n) is 16.6. The molecule has 1 aliphatic heterocycles. The fourth-order valence-corrected chi connectivity index (χ4v) is 2.95. The Morgan fingerprint density at radius 1 is 1.38 bits per heavy atom. The van der Waals surface area contributed by atoms with Crippen molar-refractivity contribution >= 4 is 11.9 Å². The van der Waals surface area contributed by atoms with Crippen LogP contribution < -0.4 is 10.6 Å². The average molecular weight is 398 g/mol. The number of nitrogens with zero attached hydrogens (tertiary/aromatic N) is 3. The molecule has 29 heavy (non-hydrogen) atoms. The number of aromatic nitrogens is 1. The molecular formula is C21H26N4O4. The third kappa shape index (κ3) is 5.32. The van der Waals surface area contributed by atoms with Crippen molar-refractivity contribution in [1.82, 2.24) is 4.98 Å². The summed E-state index contributed by atoms with van der Waals surface area (Å²) in [7, 11) is 1.61. The Morgan fingerprint density at radius 3 is 2.83 bits per heavy atom. The van der Waals surface area contributed by atoms with Crippen LogP contribution in [0.5, 0.6) is 5.75 Å². The van der Waals surface area contributed by atoms with Crippen LogP contribution in [0.4, 0.5) is 0 Å². The Morgan fingerprint density at radius 2 is 2.17 bits per heavy atom. The Hall–Kier alpha value is -2.47. The molecule has 0 radical (unpaired) electrons. The normalized spacial score (nSPS) is 21.2. The number of pyridine rings is 1. The van der Waals surface area contributed by atoms with Crippen LogP contribution in [0.15, 0.2) is 22.4 Å². The number of nitrogens with two attached hydrogens (primary N) is 1. The summed E-state index contributed by atoms with van der Waals surface area (Å²) in [5.74, 6) is 12.1. The predicted molar refractivity (Wildman–Crippen MR) is 108 cm³/mol. The molecule has 1 spiro atoms. The van der Waals surface area contributed by atoms with Gasteiger partial charge >= 0.3 is 0 Å². The minimum atomic E-state index is -0.329. The molecule has 1 aromatic rings. The van der Waals surface area contributed by atoms with Crippen LogP contribution in [0.2, 0.25) is 0 Å². The molecule has 8 nitrogen and oxygen atoms in total. The average Bonchev–Trinajstić information content (AvgIpc) is 3.67. The van der Waals surface area contributed by atoms with E-state index in [1.165, 1.54) is 12.8 Å². The van der Waals surface area contributed by atoms with E-state index in [1.807, 2.05) is 6.07 Å². The molecule has 2 saturated carbocycles. The lowest BCUT2D eigenvalue weighted by Crippen LogP contribution is -2.35. The van der Waals surface area contributed by atoms with Gasteiger partial charge in [0, 0.05) is 24.3 Å². The SMILES string of the molecule is COCC#Cc1cnc(/C(C=NCC2OCC3(CC3)CO2)=N/N)c(OC2CC2)c1. The number of hydrogen-bond acceptors (Lipinski definition) is 8. The predicted octanol–water partition coefficient (Wildman–Crippen LogP) is 1.51. The molecule has 3 aliphatic rings. The van der Waals surface area contributed by atoms with Gasteiger partial charge < -0.3 is 24.8 Å². The molecular weight excluding hydrogens is 372 g/mol. The Labute approximate surface area is 170 Å². The van der Waals surface area contributed by atoms with Gasteiger partial charge in [0.1, 0.15) is 23.8 Å². The van der Waals surface area contributed by atoms with Crippen molar-refractivity contribution in [1.29, 1.82) is 0 Å². The Bertz CT molecular complexity index is 840. The first-order chi connectivity index (χ1) is 14.2. The van der Waals surface area contributed by atoms with E-state index in [-0.39, 0.29) is 17.8 Å². The van der Waals surface area contributed by atoms with Gasteiger partial charge in [-0.1, -0.05) is 11.8 Å². The van der Waals surface area contributed by atoms with Gasteiger partial charge in [0.2, 0.25) is 0 Å². The molecule has 0 bridgehead atoms. The third-order valence-corrected chi connectivity index (χ3v) is 5.08. The first-order valence-corrected chi connectivity index (χ1v) is 9.87. The van der Waals surface area contributed by atoms with Crippen LogP contribution >= 0.6 is 0 Å². The molecule has 0 unspecified atom stereocenters. The standard InChI is InChI=1S/C21H26N4O4/c1-26-8-2-3-15-9-18(29-16-4-5-16)20(24-10-15)17(25-22)11-23-12-19-27-13-21(6-7-21)14-28-19/h9-11,16,19H,4-8,12-14,22H2,1H3/b23-11?,25-17+. The van der Waals surface area contributed by atoms with E-state index in [0.29, 0.717) is 30.3 Å². The Balaban J connectivity index is 1.43. The number of rotatable bonds is 7. The fourth-order valence-electron chi connectivity index (χ4n) is 2.95. The van der Waals surface area contributed by atoms with E-state index in [0.717, 1.165) is 31.6 Å². The highest BCUT2D eigenvalue weighted by Gasteiger charge is 2.46. The monoisotopic (exact) mass is 398 g/mol. The van der Waals surface area contributed by atoms with E-state index in [9.17, 15) is 0 Å². The van der Waals surface area contributed by atoms with E-state index in [1.54, 1.807) is 19.5 Å². The van der Waals surface area contributed by atoms with Gasteiger partial charge in [-0.05, 0) is 31.7 Å². The van der Waals surface area contributed by atoms with Crippen molar-refractivity contribution < 1.29 is 18.9 Å². The summed E-state index contributed by atoms with van der Waals surface area (Å²) < 4.78 is 22.5. The second-order valence-electron chi connectivity index (χ2n) is 7.68. The van der Waals surface area contributed by atoms with E-state index in [2.05, 4.69) is 26.9 Å². The van der Waals surface area contributed by atoms with Gasteiger partial charge in [0.15, 0.2) is 6.29 Å². The molecule has 2 N–H and O–H groups in total. The van der Waals surface area contributed by atoms with Crippen molar-refractivity contribution in [3.63, 3.8) is 0 Å². The van der Waals surface area contributed by atoms with Gasteiger partial charge in [0.05, 0.1) is 32.1 Å². The Kier molecular flexibility index (Phi) is 6.09. The van der Waals surface area contributed by atoms with Gasteiger partial charge in [-0.15, -0.1) is 0 Å². The molecule has 1 aromatic heterocycles. The topological polar surface area (TPSA) is 101 Å². The van der Waals surface area contributed by atoms with Crippen molar-refractivity contribution in [2.75, 3.05) is 33.5 Å². The molecule has 0 aromatic carbocycles. The van der Waals surface area contributed by atoms with Gasteiger partial charge in [-0.3, -0.25) is 4.99 Å². The molecule has 4 rings (SSSR count). The lowest BCUT2D eigenvalue weighted by Gasteiger charge is -2.28. The smallest absolute Gasteiger partial charge is 0.176 e. The minimum absolute atomic E-state index is 0.201. The van der Waals surface area contributed by atoms with Crippen LogP contribution in [-0.4, -0.2) is 62.8 Å². The molecule has 0 atom stereocenters. The zero-order chi connectivity index (χ0) is 20.1. The second kappa shape index (κ2) is 8.91. The van der Waals surface area contributed by atoms with Crippen molar-refractivity contribution in [3.05, 3.63) is 23.5 Å². The summed E-state index contributed by atoms with van der Waals surface area (Å²) in [5, 5.41) is 3.85. The quantitative estimate of drug-likeness (QED) is 0.323. The van der Waals surface area contributed by atoms with E-state index < -0.39 is 0 Å². The number of methoxy groups -OCH3 is 1. The first kappa shape index (κ1) is 19.8. The maximum absolute atomic E-state index is 6.00. The van der Waals surface area contributed by atoms with Gasteiger partial charge in [-0.2, -0.15) is 5.10 Å². The number of aliphatic imine (C=N–C) groups is 1. The summed E-state index contributed by atoms with van der Waals surface area (Å²) >= 11 is 0. The number of ether oxygens (including phenoxy) is 4. The highest BCUT2D eigenvalue weighted by Crippen LogP contribution is 2.48. The van der Waals surface area contributed by atoms with Gasteiger partial charge in [0.25, 0.3) is 0 Å². The van der Waals surface area contributed by atoms with E-state index >= 15 is 0 Å².